The molecule has 0 amide bonds. The number of aliphatic hydroxyl groups excluding tert-OH is 1. The van der Waals surface area contributed by atoms with Gasteiger partial charge in [-0.1, -0.05) is 24.7 Å². The normalized spacial score (nSPS) is 12.7. The first-order valence-corrected chi connectivity index (χ1v) is 6.71. The Morgan fingerprint density at radius 2 is 2.27 bits per heavy atom. The monoisotopic (exact) mass is 293 g/mol. The lowest BCUT2D eigenvalue weighted by molar-refractivity contribution is 0.255. The molecule has 1 unspecified atom stereocenters. The van der Waals surface area contributed by atoms with Crippen molar-refractivity contribution in [3.63, 3.8) is 0 Å². The van der Waals surface area contributed by atoms with Gasteiger partial charge in [-0.3, -0.25) is 0 Å². The van der Waals surface area contributed by atoms with Crippen LogP contribution in [0.15, 0.2) is 3.92 Å². The molecule has 0 aliphatic heterocycles. The highest BCUT2D eigenvalue weighted by Gasteiger charge is 2.08. The van der Waals surface area contributed by atoms with Gasteiger partial charge >= 0.3 is 0 Å². The third-order valence-corrected chi connectivity index (χ3v) is 3.49. The highest BCUT2D eigenvalue weighted by atomic mass is 79.9. The smallest absolute Gasteiger partial charge is 0.206 e. The zero-order valence-corrected chi connectivity index (χ0v) is 11.1. The molecule has 86 valence electrons. The summed E-state index contributed by atoms with van der Waals surface area (Å²) in [5.41, 5.74) is 0. The van der Waals surface area contributed by atoms with Crippen LogP contribution in [0.25, 0.3) is 0 Å². The maximum Gasteiger partial charge on any atom is 0.206 e. The summed E-state index contributed by atoms with van der Waals surface area (Å²) in [7, 11) is 0. The molecule has 4 nitrogen and oxygen atoms in total. The van der Waals surface area contributed by atoms with Gasteiger partial charge < -0.3 is 10.4 Å². The molecule has 0 fully saturated rings. The van der Waals surface area contributed by atoms with Crippen molar-refractivity contribution in [3.05, 3.63) is 3.92 Å². The van der Waals surface area contributed by atoms with E-state index in [2.05, 4.69) is 38.4 Å². The molecule has 0 bridgehead atoms. The Morgan fingerprint density at radius 1 is 1.47 bits per heavy atom. The van der Waals surface area contributed by atoms with Crippen molar-refractivity contribution in [2.24, 2.45) is 5.92 Å². The fourth-order valence-electron chi connectivity index (χ4n) is 1.45. The molecule has 2 N–H and O–H groups in total. The molecular weight excluding hydrogens is 278 g/mol. The van der Waals surface area contributed by atoms with Crippen LogP contribution in [0.4, 0.5) is 5.13 Å². The third kappa shape index (κ3) is 4.90. The molecule has 1 atom stereocenters. The summed E-state index contributed by atoms with van der Waals surface area (Å²) in [6.07, 6.45) is 3.13. The minimum absolute atomic E-state index is 0.256. The summed E-state index contributed by atoms with van der Waals surface area (Å²) < 4.78 is 0.791. The van der Waals surface area contributed by atoms with Crippen LogP contribution in [0.1, 0.15) is 26.2 Å². The van der Waals surface area contributed by atoms with Crippen LogP contribution in [0, 0.1) is 5.92 Å². The molecule has 1 aromatic heterocycles. The van der Waals surface area contributed by atoms with E-state index in [1.165, 1.54) is 11.3 Å². The van der Waals surface area contributed by atoms with Crippen LogP contribution in [0.2, 0.25) is 0 Å². The standard InChI is InChI=1S/C9H16BrN3OS/c1-2-3-7(4-5-14)6-11-9-13-12-8(10)15-9/h7,14H,2-6H2,1H3,(H,11,13). The van der Waals surface area contributed by atoms with Crippen LogP contribution >= 0.6 is 27.3 Å². The van der Waals surface area contributed by atoms with Gasteiger partial charge in [0.2, 0.25) is 5.13 Å². The van der Waals surface area contributed by atoms with E-state index in [4.69, 9.17) is 5.11 Å². The molecule has 0 saturated heterocycles. The molecule has 0 saturated carbocycles. The lowest BCUT2D eigenvalue weighted by atomic mass is 10.0. The van der Waals surface area contributed by atoms with E-state index in [1.807, 2.05) is 0 Å². The van der Waals surface area contributed by atoms with Crippen molar-refractivity contribution in [2.75, 3.05) is 18.5 Å². The largest absolute Gasteiger partial charge is 0.396 e. The number of nitrogens with zero attached hydrogens (tertiary/aromatic N) is 2. The Labute approximate surface area is 102 Å². The highest BCUT2D eigenvalue weighted by Crippen LogP contribution is 2.21. The van der Waals surface area contributed by atoms with Gasteiger partial charge in [-0.2, -0.15) is 0 Å². The first kappa shape index (κ1) is 12.9. The third-order valence-electron chi connectivity index (χ3n) is 2.18. The van der Waals surface area contributed by atoms with E-state index in [9.17, 15) is 0 Å². The van der Waals surface area contributed by atoms with Crippen LogP contribution < -0.4 is 5.32 Å². The number of aliphatic hydroxyl groups is 1. The maximum atomic E-state index is 8.90. The summed E-state index contributed by atoms with van der Waals surface area (Å²) in [6, 6.07) is 0. The van der Waals surface area contributed by atoms with E-state index in [-0.39, 0.29) is 6.61 Å². The predicted octanol–water partition coefficient (Wildman–Crippen LogP) is 2.51. The zero-order chi connectivity index (χ0) is 11.1. The van der Waals surface area contributed by atoms with Gasteiger partial charge in [0.15, 0.2) is 3.92 Å². The van der Waals surface area contributed by atoms with Crippen molar-refractivity contribution >= 4 is 32.4 Å². The van der Waals surface area contributed by atoms with E-state index in [0.29, 0.717) is 5.92 Å². The predicted molar refractivity (Wildman–Crippen MR) is 66.2 cm³/mol. The second-order valence-corrected chi connectivity index (χ2v) is 5.66. The van der Waals surface area contributed by atoms with Gasteiger partial charge in [-0.05, 0) is 34.7 Å². The molecular formula is C9H16BrN3OS. The first-order valence-electron chi connectivity index (χ1n) is 5.10. The Hall–Kier alpha value is -0.200. The lowest BCUT2D eigenvalue weighted by Gasteiger charge is -2.14. The van der Waals surface area contributed by atoms with Gasteiger partial charge in [0.05, 0.1) is 0 Å². The minimum Gasteiger partial charge on any atom is -0.396 e. The van der Waals surface area contributed by atoms with Crippen LogP contribution in [0.5, 0.6) is 0 Å². The molecule has 0 radical (unpaired) electrons. The molecule has 0 aromatic carbocycles. The van der Waals surface area contributed by atoms with E-state index >= 15 is 0 Å². The van der Waals surface area contributed by atoms with Gasteiger partial charge in [0.1, 0.15) is 0 Å². The van der Waals surface area contributed by atoms with Crippen molar-refractivity contribution in [3.8, 4) is 0 Å². The van der Waals surface area contributed by atoms with Crippen LogP contribution in [-0.4, -0.2) is 28.5 Å². The molecule has 6 heteroatoms. The maximum absolute atomic E-state index is 8.90. The molecule has 0 aliphatic rings. The van der Waals surface area contributed by atoms with Crippen LogP contribution in [-0.2, 0) is 0 Å². The topological polar surface area (TPSA) is 58.0 Å². The Balaban J connectivity index is 2.32. The minimum atomic E-state index is 0.256. The van der Waals surface area contributed by atoms with Gasteiger partial charge in [0.25, 0.3) is 0 Å². The van der Waals surface area contributed by atoms with Crippen LogP contribution in [0.3, 0.4) is 0 Å². The second-order valence-electron chi connectivity index (χ2n) is 3.41. The lowest BCUT2D eigenvalue weighted by Crippen LogP contribution is -2.15. The molecule has 15 heavy (non-hydrogen) atoms. The Bertz CT molecular complexity index is 276. The molecule has 1 heterocycles. The number of rotatable bonds is 7. The molecule has 1 rings (SSSR count). The molecule has 0 aliphatic carbocycles. The number of anilines is 1. The average molecular weight is 294 g/mol. The number of aromatic nitrogens is 2. The number of hydrogen-bond acceptors (Lipinski definition) is 5. The van der Waals surface area contributed by atoms with Gasteiger partial charge in [-0.25, -0.2) is 0 Å². The SMILES string of the molecule is CCCC(CCO)CNc1nnc(Br)s1. The summed E-state index contributed by atoms with van der Waals surface area (Å²) in [4.78, 5) is 0. The summed E-state index contributed by atoms with van der Waals surface area (Å²) in [6.45, 7) is 3.27. The molecule has 1 aromatic rings. The summed E-state index contributed by atoms with van der Waals surface area (Å²) in [5, 5.41) is 20.8. The second kappa shape index (κ2) is 7.14. The first-order chi connectivity index (χ1) is 7.26. The highest BCUT2D eigenvalue weighted by molar-refractivity contribution is 9.11. The molecule has 0 spiro atoms. The van der Waals surface area contributed by atoms with Crippen molar-refractivity contribution in [1.82, 2.24) is 10.2 Å². The average Bonchev–Trinajstić information content (AvgIpc) is 2.61. The Kier molecular flexibility index (Phi) is 6.12. The van der Waals surface area contributed by atoms with Crippen molar-refractivity contribution in [2.45, 2.75) is 26.2 Å². The zero-order valence-electron chi connectivity index (χ0n) is 8.74. The summed E-state index contributed by atoms with van der Waals surface area (Å²) >= 11 is 4.75. The van der Waals surface area contributed by atoms with E-state index in [0.717, 1.165) is 34.9 Å². The summed E-state index contributed by atoms with van der Waals surface area (Å²) in [5.74, 6) is 0.516. The van der Waals surface area contributed by atoms with E-state index < -0.39 is 0 Å². The van der Waals surface area contributed by atoms with Crippen molar-refractivity contribution in [1.29, 1.82) is 0 Å². The van der Waals surface area contributed by atoms with Crippen molar-refractivity contribution < 1.29 is 5.11 Å². The fraction of sp³-hybridized carbons (Fsp3) is 0.778. The Morgan fingerprint density at radius 3 is 2.80 bits per heavy atom. The quantitative estimate of drug-likeness (QED) is 0.811. The van der Waals surface area contributed by atoms with Gasteiger partial charge in [0, 0.05) is 13.2 Å². The number of halogens is 1. The number of nitrogens with one attached hydrogen (secondary N) is 1. The number of hydrogen-bond donors (Lipinski definition) is 2. The van der Waals surface area contributed by atoms with Gasteiger partial charge in [-0.15, -0.1) is 10.2 Å². The fourth-order valence-corrected chi connectivity index (χ4v) is 2.47. The van der Waals surface area contributed by atoms with E-state index in [1.54, 1.807) is 0 Å².